The van der Waals surface area contributed by atoms with Gasteiger partial charge in [-0.15, -0.1) is 0 Å². The molecule has 39 heavy (non-hydrogen) atoms. The van der Waals surface area contributed by atoms with Gasteiger partial charge < -0.3 is 4.74 Å². The van der Waals surface area contributed by atoms with Gasteiger partial charge in [0, 0.05) is 31.1 Å². The number of carbonyl (C=O) groups excluding carboxylic acids is 6. The number of carbonyl (C=O) groups is 6. The van der Waals surface area contributed by atoms with E-state index in [1.165, 1.54) is 9.80 Å². The Morgan fingerprint density at radius 2 is 1.49 bits per heavy atom. The minimum Gasteiger partial charge on any atom is -0.393 e. The first-order valence-electron chi connectivity index (χ1n) is 14.1. The molecule has 0 aromatic heterocycles. The SMILES string of the molecule is CCN1C(=O)C2C(C)C3=C4C(CC5C(=O)N(CC)C(=O)C5C4[C@@]4(C)C(=NCC5CC5)OC(=O)N4C3=O)C2C1=O. The van der Waals surface area contributed by atoms with Crippen molar-refractivity contribution in [3.8, 4) is 0 Å². The van der Waals surface area contributed by atoms with Gasteiger partial charge in [0.15, 0.2) is 0 Å². The lowest BCUT2D eigenvalue weighted by Gasteiger charge is -2.55. The number of amides is 6. The third kappa shape index (κ3) is 2.81. The highest BCUT2D eigenvalue weighted by atomic mass is 16.6. The number of ether oxygens (including phenoxy) is 1. The third-order valence-electron chi connectivity index (χ3n) is 10.5. The summed E-state index contributed by atoms with van der Waals surface area (Å²) in [5, 5.41) is 0. The van der Waals surface area contributed by atoms with E-state index in [4.69, 9.17) is 4.74 Å². The second kappa shape index (κ2) is 7.85. The Hall–Kier alpha value is -3.37. The molecule has 8 atom stereocenters. The molecule has 7 unspecified atom stereocenters. The fourth-order valence-electron chi connectivity index (χ4n) is 8.64. The van der Waals surface area contributed by atoms with Crippen LogP contribution in [0.2, 0.25) is 0 Å². The van der Waals surface area contributed by atoms with Crippen LogP contribution < -0.4 is 0 Å². The van der Waals surface area contributed by atoms with E-state index in [1.807, 2.05) is 0 Å². The lowest BCUT2D eigenvalue weighted by atomic mass is 9.50. The predicted octanol–water partition coefficient (Wildman–Crippen LogP) is 1.37. The molecule has 4 aliphatic heterocycles. The van der Waals surface area contributed by atoms with Crippen LogP contribution in [0.5, 0.6) is 0 Å². The second-order valence-corrected chi connectivity index (χ2v) is 12.2. The maximum Gasteiger partial charge on any atom is 0.424 e. The van der Waals surface area contributed by atoms with Crippen molar-refractivity contribution in [2.45, 2.75) is 52.5 Å². The average Bonchev–Trinajstić information content (AvgIpc) is 3.58. The van der Waals surface area contributed by atoms with Crippen LogP contribution >= 0.6 is 0 Å². The summed E-state index contributed by atoms with van der Waals surface area (Å²) in [5.74, 6) is -6.34. The van der Waals surface area contributed by atoms with Gasteiger partial charge in [-0.1, -0.05) is 12.5 Å². The summed E-state index contributed by atoms with van der Waals surface area (Å²) >= 11 is 0. The zero-order valence-corrected chi connectivity index (χ0v) is 22.5. The van der Waals surface area contributed by atoms with Crippen LogP contribution in [0.4, 0.5) is 4.79 Å². The molecule has 4 heterocycles. The topological polar surface area (TPSA) is 134 Å². The maximum atomic E-state index is 14.2. The van der Waals surface area contributed by atoms with Gasteiger partial charge in [-0.3, -0.25) is 38.8 Å². The molecule has 3 aliphatic carbocycles. The molecule has 6 amide bonds. The van der Waals surface area contributed by atoms with Gasteiger partial charge in [-0.05, 0) is 57.8 Å². The van der Waals surface area contributed by atoms with Gasteiger partial charge in [0.1, 0.15) is 5.54 Å². The van der Waals surface area contributed by atoms with Crippen LogP contribution in [-0.4, -0.2) is 81.4 Å². The number of hydrogen-bond donors (Lipinski definition) is 0. The molecule has 0 aromatic rings. The van der Waals surface area contributed by atoms with Crippen molar-refractivity contribution in [2.75, 3.05) is 19.6 Å². The van der Waals surface area contributed by atoms with E-state index >= 15 is 0 Å². The average molecular weight is 537 g/mol. The number of rotatable bonds is 4. The fourth-order valence-corrected chi connectivity index (χ4v) is 8.64. The first kappa shape index (κ1) is 24.7. The van der Waals surface area contributed by atoms with Crippen molar-refractivity contribution in [1.29, 1.82) is 0 Å². The summed E-state index contributed by atoms with van der Waals surface area (Å²) in [4.78, 5) is 90.3. The molecule has 0 radical (unpaired) electrons. The quantitative estimate of drug-likeness (QED) is 0.496. The number of fused-ring (bicyclic) bond motifs is 6. The van der Waals surface area contributed by atoms with Crippen LogP contribution in [0.1, 0.15) is 47.0 Å². The Balaban J connectivity index is 1.48. The molecule has 7 aliphatic rings. The Morgan fingerprint density at radius 1 is 0.872 bits per heavy atom. The smallest absolute Gasteiger partial charge is 0.393 e. The second-order valence-electron chi connectivity index (χ2n) is 12.2. The van der Waals surface area contributed by atoms with Crippen molar-refractivity contribution < 1.29 is 33.5 Å². The van der Waals surface area contributed by atoms with Gasteiger partial charge >= 0.3 is 6.09 Å². The molecular formula is C28H32N4O7. The zero-order chi connectivity index (χ0) is 27.7. The van der Waals surface area contributed by atoms with Gasteiger partial charge in [0.2, 0.25) is 29.5 Å². The van der Waals surface area contributed by atoms with Crippen LogP contribution in [0.15, 0.2) is 16.1 Å². The Labute approximate surface area is 225 Å². The van der Waals surface area contributed by atoms with Crippen LogP contribution in [0.3, 0.4) is 0 Å². The van der Waals surface area contributed by atoms with E-state index in [0.717, 1.165) is 17.7 Å². The Bertz CT molecular complexity index is 1350. The number of aliphatic imine (C=N–C) groups is 1. The molecule has 3 saturated heterocycles. The van der Waals surface area contributed by atoms with Crippen LogP contribution in [-0.2, 0) is 28.7 Å². The summed E-state index contributed by atoms with van der Waals surface area (Å²) in [6.07, 6.45) is 1.40. The molecular weight excluding hydrogens is 504 g/mol. The molecule has 0 aromatic carbocycles. The first-order valence-corrected chi connectivity index (χ1v) is 14.1. The number of cyclic esters (lactones) is 1. The largest absolute Gasteiger partial charge is 0.424 e. The number of nitrogens with zero attached hydrogens (tertiary/aromatic N) is 4. The summed E-state index contributed by atoms with van der Waals surface area (Å²) < 4.78 is 5.66. The van der Waals surface area contributed by atoms with E-state index in [1.54, 1.807) is 27.7 Å². The molecule has 0 spiro atoms. The lowest BCUT2D eigenvalue weighted by Crippen LogP contribution is -2.66. The van der Waals surface area contributed by atoms with Crippen molar-refractivity contribution in [2.24, 2.45) is 52.3 Å². The standard InChI is InChI=1S/C28H32N4O7/c1-5-30-21(33)14-9-13-17-15(11(3)16-18(13)23(35)31(6-2)22(16)34)25(37)32-27(38)39-26(29-10-12-7-8-12)28(32,4)20(17)19(14)24(30)36/h11-14,16,18-20H,5-10H2,1-4H3/t11?,13?,14?,16?,18?,19?,20?,28-/m0/s1. The molecule has 0 bridgehead atoms. The molecule has 0 N–H and O–H groups in total. The van der Waals surface area contributed by atoms with E-state index in [-0.39, 0.29) is 49.0 Å². The minimum atomic E-state index is -1.41. The molecule has 206 valence electrons. The monoisotopic (exact) mass is 536 g/mol. The van der Waals surface area contributed by atoms with Crippen LogP contribution in [0, 0.1) is 47.3 Å². The molecule has 11 heteroatoms. The highest BCUT2D eigenvalue weighted by molar-refractivity contribution is 6.18. The molecule has 7 rings (SSSR count). The van der Waals surface area contributed by atoms with E-state index in [2.05, 4.69) is 4.99 Å². The Morgan fingerprint density at radius 3 is 2.13 bits per heavy atom. The fraction of sp³-hybridized carbons (Fsp3) is 0.679. The maximum absolute atomic E-state index is 14.2. The highest BCUT2D eigenvalue weighted by Crippen LogP contribution is 2.63. The number of hydrogen-bond acceptors (Lipinski definition) is 8. The molecule has 2 saturated carbocycles. The summed E-state index contributed by atoms with van der Waals surface area (Å²) in [6.45, 7) is 7.81. The molecule has 11 nitrogen and oxygen atoms in total. The van der Waals surface area contributed by atoms with E-state index in [0.29, 0.717) is 23.6 Å². The lowest BCUT2D eigenvalue weighted by molar-refractivity contribution is -0.142. The zero-order valence-electron chi connectivity index (χ0n) is 22.5. The van der Waals surface area contributed by atoms with Crippen molar-refractivity contribution in [1.82, 2.24) is 14.7 Å². The van der Waals surface area contributed by atoms with Gasteiger partial charge in [-0.2, -0.15) is 0 Å². The molecule has 5 fully saturated rings. The number of imide groups is 3. The first-order chi connectivity index (χ1) is 18.6. The van der Waals surface area contributed by atoms with Crippen LogP contribution in [0.25, 0.3) is 0 Å². The third-order valence-corrected chi connectivity index (χ3v) is 10.5. The van der Waals surface area contributed by atoms with Crippen molar-refractivity contribution >= 4 is 41.5 Å². The van der Waals surface area contributed by atoms with Gasteiger partial charge in [-0.25, -0.2) is 9.69 Å². The van der Waals surface area contributed by atoms with Crippen molar-refractivity contribution in [3.63, 3.8) is 0 Å². The van der Waals surface area contributed by atoms with E-state index in [9.17, 15) is 28.8 Å². The normalized spacial score (nSPS) is 41.9. The summed E-state index contributed by atoms with van der Waals surface area (Å²) in [6, 6.07) is 0. The minimum absolute atomic E-state index is 0.0951. The number of likely N-dealkylation sites (tertiary alicyclic amines) is 2. The summed E-state index contributed by atoms with van der Waals surface area (Å²) in [5.41, 5.74) is -0.451. The predicted molar refractivity (Wildman–Crippen MR) is 133 cm³/mol. The van der Waals surface area contributed by atoms with Gasteiger partial charge in [0.25, 0.3) is 5.91 Å². The highest BCUT2D eigenvalue weighted by Gasteiger charge is 2.73. The van der Waals surface area contributed by atoms with Gasteiger partial charge in [0.05, 0.1) is 23.7 Å². The summed E-state index contributed by atoms with van der Waals surface area (Å²) in [7, 11) is 0. The van der Waals surface area contributed by atoms with Crippen molar-refractivity contribution in [3.05, 3.63) is 11.1 Å². The Kier molecular flexibility index (Phi) is 4.96. The van der Waals surface area contributed by atoms with E-state index < -0.39 is 59.0 Å².